The van der Waals surface area contributed by atoms with Gasteiger partial charge in [-0.25, -0.2) is 0 Å². The molecule has 2 N–H and O–H groups in total. The van der Waals surface area contributed by atoms with Crippen LogP contribution in [0.15, 0.2) is 60.7 Å². The molecule has 0 radical (unpaired) electrons. The maximum Gasteiger partial charge on any atom is 0.0507 e. The minimum absolute atomic E-state index is 0.945. The number of anilines is 2. The molecule has 0 saturated heterocycles. The van der Waals surface area contributed by atoms with Crippen molar-refractivity contribution >= 4 is 11.4 Å². The smallest absolute Gasteiger partial charge is 0.0507 e. The number of hydrogen-bond donors (Lipinski definition) is 2. The molecule has 100 valence electrons. The van der Waals surface area contributed by atoms with E-state index in [1.807, 2.05) is 41.5 Å². The Morgan fingerprint density at radius 1 is 0.789 bits per heavy atom. The van der Waals surface area contributed by atoms with Gasteiger partial charge in [-0.3, -0.25) is 0 Å². The summed E-state index contributed by atoms with van der Waals surface area (Å²) in [6, 6.07) is 20.4. The lowest BCUT2D eigenvalue weighted by molar-refractivity contribution is 0.385. The third-order valence-electron chi connectivity index (χ3n) is 2.81. The number of nitrogens with zero attached hydrogens (tertiary/aromatic N) is 1. The normalized spacial score (nSPS) is 10.4. The molecule has 2 aromatic carbocycles. The summed E-state index contributed by atoms with van der Waals surface area (Å²) in [4.78, 5) is 0. The van der Waals surface area contributed by atoms with Crippen molar-refractivity contribution in [1.82, 2.24) is 5.12 Å². The molecule has 0 saturated carbocycles. The van der Waals surface area contributed by atoms with Crippen LogP contribution in [0, 0.1) is 0 Å². The van der Waals surface area contributed by atoms with Crippen molar-refractivity contribution in [3.63, 3.8) is 0 Å². The molecule has 0 heterocycles. The van der Waals surface area contributed by atoms with Crippen LogP contribution in [0.3, 0.4) is 0 Å². The van der Waals surface area contributed by atoms with Gasteiger partial charge in [0.25, 0.3) is 0 Å². The minimum Gasteiger partial charge on any atom is -0.301 e. The van der Waals surface area contributed by atoms with Gasteiger partial charge in [0, 0.05) is 6.54 Å². The van der Waals surface area contributed by atoms with Crippen molar-refractivity contribution in [1.29, 1.82) is 0 Å². The first-order chi connectivity index (χ1) is 9.38. The zero-order chi connectivity index (χ0) is 13.3. The van der Waals surface area contributed by atoms with Crippen LogP contribution in [0.1, 0.15) is 19.8 Å². The molecular weight excluding hydrogens is 234 g/mol. The summed E-state index contributed by atoms with van der Waals surface area (Å²) >= 11 is 0. The van der Waals surface area contributed by atoms with E-state index in [0.29, 0.717) is 0 Å². The number of nitrogens with one attached hydrogen (secondary N) is 2. The fourth-order valence-corrected chi connectivity index (χ4v) is 1.79. The van der Waals surface area contributed by atoms with Crippen molar-refractivity contribution < 1.29 is 0 Å². The molecule has 3 nitrogen and oxygen atoms in total. The fourth-order valence-electron chi connectivity index (χ4n) is 1.79. The van der Waals surface area contributed by atoms with Crippen molar-refractivity contribution in [2.45, 2.75) is 19.8 Å². The first-order valence-corrected chi connectivity index (χ1v) is 6.79. The summed E-state index contributed by atoms with van der Waals surface area (Å²) in [7, 11) is 0. The summed E-state index contributed by atoms with van der Waals surface area (Å²) in [5, 5.41) is 2.04. The van der Waals surface area contributed by atoms with Gasteiger partial charge in [0.15, 0.2) is 0 Å². The van der Waals surface area contributed by atoms with Gasteiger partial charge in [-0.2, -0.15) is 0 Å². The molecule has 0 amide bonds. The number of rotatable bonds is 7. The number of para-hydroxylation sites is 2. The maximum atomic E-state index is 3.38. The standard InChI is InChI=1S/C16H21N3/c1-2-3-14-19(17-15-10-6-4-7-11-15)18-16-12-8-5-9-13-16/h4-13,17-18H,2-3,14H2,1H3. The number of hydrazine groups is 2. The van der Waals surface area contributed by atoms with Crippen LogP contribution < -0.4 is 10.9 Å². The number of unbranched alkanes of at least 4 members (excludes halogenated alkanes) is 1. The molecule has 0 bridgehead atoms. The quantitative estimate of drug-likeness (QED) is 0.728. The molecule has 0 aliphatic carbocycles. The average molecular weight is 255 g/mol. The molecule has 2 aromatic rings. The highest BCUT2D eigenvalue weighted by molar-refractivity contribution is 5.45. The predicted octanol–water partition coefficient (Wildman–Crippen LogP) is 4.14. The van der Waals surface area contributed by atoms with Crippen molar-refractivity contribution in [3.8, 4) is 0 Å². The predicted molar refractivity (Wildman–Crippen MR) is 81.7 cm³/mol. The van der Waals surface area contributed by atoms with Gasteiger partial charge in [-0.15, -0.1) is 5.12 Å². The highest BCUT2D eigenvalue weighted by Crippen LogP contribution is 2.11. The van der Waals surface area contributed by atoms with Gasteiger partial charge in [-0.1, -0.05) is 49.7 Å². The molecule has 0 aliphatic heterocycles. The van der Waals surface area contributed by atoms with Crippen LogP contribution in [0.5, 0.6) is 0 Å². The molecule has 0 aliphatic rings. The second-order valence-corrected chi connectivity index (χ2v) is 4.46. The Kier molecular flexibility index (Phi) is 5.26. The van der Waals surface area contributed by atoms with E-state index in [4.69, 9.17) is 0 Å². The third-order valence-corrected chi connectivity index (χ3v) is 2.81. The Hall–Kier alpha value is -2.00. The van der Waals surface area contributed by atoms with Crippen molar-refractivity contribution in [3.05, 3.63) is 60.7 Å². The number of benzene rings is 2. The average Bonchev–Trinajstić information content (AvgIpc) is 2.47. The lowest BCUT2D eigenvalue weighted by Crippen LogP contribution is -2.36. The molecule has 0 atom stereocenters. The Morgan fingerprint density at radius 2 is 1.26 bits per heavy atom. The second-order valence-electron chi connectivity index (χ2n) is 4.46. The van der Waals surface area contributed by atoms with Crippen LogP contribution in [-0.4, -0.2) is 11.7 Å². The summed E-state index contributed by atoms with van der Waals surface area (Å²) in [5.74, 6) is 0. The van der Waals surface area contributed by atoms with Gasteiger partial charge in [0.05, 0.1) is 11.4 Å². The van der Waals surface area contributed by atoms with E-state index in [1.54, 1.807) is 0 Å². The van der Waals surface area contributed by atoms with E-state index in [1.165, 1.54) is 6.42 Å². The lowest BCUT2D eigenvalue weighted by atomic mass is 10.3. The third kappa shape index (κ3) is 4.64. The molecule has 19 heavy (non-hydrogen) atoms. The monoisotopic (exact) mass is 255 g/mol. The van der Waals surface area contributed by atoms with Crippen LogP contribution in [0.4, 0.5) is 11.4 Å². The highest BCUT2D eigenvalue weighted by atomic mass is 15.7. The van der Waals surface area contributed by atoms with Gasteiger partial charge >= 0.3 is 0 Å². The van der Waals surface area contributed by atoms with Crippen molar-refractivity contribution in [2.24, 2.45) is 0 Å². The van der Waals surface area contributed by atoms with Crippen LogP contribution in [0.25, 0.3) is 0 Å². The summed E-state index contributed by atoms with van der Waals surface area (Å²) in [5.41, 5.74) is 8.94. The Bertz CT molecular complexity index is 414. The molecule has 0 unspecified atom stereocenters. The van der Waals surface area contributed by atoms with Gasteiger partial charge in [0.1, 0.15) is 0 Å². The largest absolute Gasteiger partial charge is 0.301 e. The van der Waals surface area contributed by atoms with E-state index >= 15 is 0 Å². The van der Waals surface area contributed by atoms with E-state index in [0.717, 1.165) is 24.3 Å². The molecule has 0 fully saturated rings. The van der Waals surface area contributed by atoms with Crippen LogP contribution in [0.2, 0.25) is 0 Å². The molecule has 3 heteroatoms. The number of hydrogen-bond acceptors (Lipinski definition) is 3. The first kappa shape index (κ1) is 13.4. The molecular formula is C16H21N3. The van der Waals surface area contributed by atoms with E-state index in [2.05, 4.69) is 42.0 Å². The summed E-state index contributed by atoms with van der Waals surface area (Å²) in [6.07, 6.45) is 2.31. The molecule has 0 aromatic heterocycles. The van der Waals surface area contributed by atoms with E-state index in [-0.39, 0.29) is 0 Å². The molecule has 2 rings (SSSR count). The zero-order valence-electron chi connectivity index (χ0n) is 11.3. The van der Waals surface area contributed by atoms with Crippen LogP contribution >= 0.6 is 0 Å². The Balaban J connectivity index is 1.99. The Morgan fingerprint density at radius 3 is 1.68 bits per heavy atom. The topological polar surface area (TPSA) is 27.3 Å². The highest BCUT2D eigenvalue weighted by Gasteiger charge is 2.03. The lowest BCUT2D eigenvalue weighted by Gasteiger charge is -2.25. The van der Waals surface area contributed by atoms with Crippen LogP contribution in [-0.2, 0) is 0 Å². The summed E-state index contributed by atoms with van der Waals surface area (Å²) in [6.45, 7) is 3.14. The first-order valence-electron chi connectivity index (χ1n) is 6.79. The van der Waals surface area contributed by atoms with E-state index < -0.39 is 0 Å². The maximum absolute atomic E-state index is 3.38. The SMILES string of the molecule is CCCCN(Nc1ccccc1)Nc1ccccc1. The minimum atomic E-state index is 0.945. The summed E-state index contributed by atoms with van der Waals surface area (Å²) < 4.78 is 0. The van der Waals surface area contributed by atoms with Gasteiger partial charge in [0.2, 0.25) is 0 Å². The Labute approximate surface area is 115 Å². The van der Waals surface area contributed by atoms with Gasteiger partial charge in [-0.05, 0) is 30.7 Å². The van der Waals surface area contributed by atoms with E-state index in [9.17, 15) is 0 Å². The zero-order valence-corrected chi connectivity index (χ0v) is 11.3. The fraction of sp³-hybridized carbons (Fsp3) is 0.250. The second kappa shape index (κ2) is 7.44. The van der Waals surface area contributed by atoms with Crippen molar-refractivity contribution in [2.75, 3.05) is 17.4 Å². The van der Waals surface area contributed by atoms with Gasteiger partial charge < -0.3 is 10.9 Å². The molecule has 0 spiro atoms.